The van der Waals surface area contributed by atoms with Crippen molar-refractivity contribution in [3.05, 3.63) is 52.3 Å². The van der Waals surface area contributed by atoms with Gasteiger partial charge in [0, 0.05) is 26.2 Å². The molecule has 27 heavy (non-hydrogen) atoms. The van der Waals surface area contributed by atoms with Crippen LogP contribution in [0.4, 0.5) is 0 Å². The van der Waals surface area contributed by atoms with Gasteiger partial charge in [-0.3, -0.25) is 0 Å². The molecule has 1 unspecified atom stereocenters. The third-order valence-corrected chi connectivity index (χ3v) is 6.23. The van der Waals surface area contributed by atoms with Gasteiger partial charge in [0.25, 0.3) is 0 Å². The number of ether oxygens (including phenoxy) is 1. The zero-order valence-electron chi connectivity index (χ0n) is 15.8. The van der Waals surface area contributed by atoms with E-state index in [1.807, 2.05) is 0 Å². The summed E-state index contributed by atoms with van der Waals surface area (Å²) in [5.41, 5.74) is 8.62. The fourth-order valence-electron chi connectivity index (χ4n) is 2.96. The molecule has 1 aromatic heterocycles. The van der Waals surface area contributed by atoms with Crippen molar-refractivity contribution in [2.24, 2.45) is 11.7 Å². The molecule has 0 aliphatic heterocycles. The predicted molar refractivity (Wildman–Crippen MR) is 124 cm³/mol. The summed E-state index contributed by atoms with van der Waals surface area (Å²) >= 11 is 5.27. The van der Waals surface area contributed by atoms with Crippen molar-refractivity contribution in [2.45, 2.75) is 39.2 Å². The van der Waals surface area contributed by atoms with Gasteiger partial charge in [0.05, 0.1) is 6.61 Å². The van der Waals surface area contributed by atoms with Crippen LogP contribution in [0.1, 0.15) is 33.1 Å². The van der Waals surface area contributed by atoms with Crippen molar-refractivity contribution in [3.8, 4) is 16.9 Å². The first-order valence-corrected chi connectivity index (χ1v) is 10.9. The number of nitrogens with two attached hydrogens (primary N) is 1. The first kappa shape index (κ1) is 22.2. The standard InChI is InChI=1S/C22H26BrNOS.ClH/c1-15(2)21(24)5-3-4-12-25-18-10-11-19-20(14-26-22(19)13-18)16-6-8-17(23)9-7-16;/h6-11,13-15,21H,3-5,12,24H2,1-2H3;1H. The largest absolute Gasteiger partial charge is 0.494 e. The van der Waals surface area contributed by atoms with Crippen molar-refractivity contribution in [1.82, 2.24) is 0 Å². The minimum atomic E-state index is 0. The molecule has 0 aliphatic carbocycles. The topological polar surface area (TPSA) is 35.2 Å². The molecule has 0 aliphatic rings. The minimum Gasteiger partial charge on any atom is -0.494 e. The van der Waals surface area contributed by atoms with Gasteiger partial charge in [0.15, 0.2) is 0 Å². The van der Waals surface area contributed by atoms with Crippen molar-refractivity contribution in [1.29, 1.82) is 0 Å². The number of fused-ring (bicyclic) bond motifs is 1. The van der Waals surface area contributed by atoms with Gasteiger partial charge < -0.3 is 10.5 Å². The number of unbranched alkanes of at least 4 members (excludes halogenated alkanes) is 1. The summed E-state index contributed by atoms with van der Waals surface area (Å²) in [7, 11) is 0. The zero-order chi connectivity index (χ0) is 18.5. The molecule has 1 atom stereocenters. The van der Waals surface area contributed by atoms with Crippen molar-refractivity contribution < 1.29 is 4.74 Å². The minimum absolute atomic E-state index is 0. The highest BCUT2D eigenvalue weighted by atomic mass is 79.9. The van der Waals surface area contributed by atoms with Crippen molar-refractivity contribution in [2.75, 3.05) is 6.61 Å². The Morgan fingerprint density at radius 1 is 1.07 bits per heavy atom. The molecule has 2 aromatic carbocycles. The maximum absolute atomic E-state index is 6.09. The number of rotatable bonds is 8. The van der Waals surface area contributed by atoms with Gasteiger partial charge in [-0.2, -0.15) is 0 Å². The van der Waals surface area contributed by atoms with Gasteiger partial charge in [0.2, 0.25) is 0 Å². The highest BCUT2D eigenvalue weighted by Crippen LogP contribution is 2.36. The van der Waals surface area contributed by atoms with Crippen LogP contribution in [-0.4, -0.2) is 12.6 Å². The SMILES string of the molecule is CC(C)C(N)CCCCOc1ccc2c(-c3ccc(Br)cc3)csc2c1.Cl. The molecule has 1 heterocycles. The number of hydrogen-bond acceptors (Lipinski definition) is 3. The lowest BCUT2D eigenvalue weighted by atomic mass is 10.00. The van der Waals surface area contributed by atoms with Gasteiger partial charge in [0.1, 0.15) is 5.75 Å². The fourth-order valence-corrected chi connectivity index (χ4v) is 4.22. The smallest absolute Gasteiger partial charge is 0.120 e. The molecule has 0 radical (unpaired) electrons. The molecule has 2 N–H and O–H groups in total. The zero-order valence-corrected chi connectivity index (χ0v) is 19.0. The highest BCUT2D eigenvalue weighted by Gasteiger charge is 2.09. The maximum atomic E-state index is 6.09. The van der Waals surface area contributed by atoms with E-state index in [4.69, 9.17) is 10.5 Å². The van der Waals surface area contributed by atoms with E-state index in [1.54, 1.807) is 11.3 Å². The normalized spacial score (nSPS) is 12.2. The molecule has 3 aromatic rings. The van der Waals surface area contributed by atoms with Crippen molar-refractivity contribution in [3.63, 3.8) is 0 Å². The molecule has 3 rings (SSSR count). The Morgan fingerprint density at radius 3 is 2.52 bits per heavy atom. The van der Waals surface area contributed by atoms with Crippen LogP contribution in [0.15, 0.2) is 52.3 Å². The Kier molecular flexibility index (Phi) is 8.62. The Balaban J connectivity index is 0.00000261. The first-order chi connectivity index (χ1) is 12.5. The molecule has 0 saturated carbocycles. The summed E-state index contributed by atoms with van der Waals surface area (Å²) in [4.78, 5) is 0. The van der Waals surface area contributed by atoms with Crippen LogP contribution in [0.5, 0.6) is 5.75 Å². The lowest BCUT2D eigenvalue weighted by Crippen LogP contribution is -2.26. The number of thiophene rings is 1. The summed E-state index contributed by atoms with van der Waals surface area (Å²) < 4.78 is 8.32. The van der Waals surface area contributed by atoms with E-state index < -0.39 is 0 Å². The summed E-state index contributed by atoms with van der Waals surface area (Å²) in [6, 6.07) is 15.2. The molecule has 146 valence electrons. The van der Waals surface area contributed by atoms with E-state index in [2.05, 4.69) is 77.6 Å². The number of benzene rings is 2. The van der Waals surface area contributed by atoms with Crippen LogP contribution in [0.25, 0.3) is 21.2 Å². The van der Waals surface area contributed by atoms with Gasteiger partial charge >= 0.3 is 0 Å². The monoisotopic (exact) mass is 467 g/mol. The Morgan fingerprint density at radius 2 is 1.81 bits per heavy atom. The Hall–Kier alpha value is -1.07. The quantitative estimate of drug-likeness (QED) is 0.352. The number of halogens is 2. The molecular formula is C22H27BrClNOS. The lowest BCUT2D eigenvalue weighted by molar-refractivity contribution is 0.300. The second kappa shape index (κ2) is 10.5. The molecule has 0 saturated heterocycles. The van der Waals surface area contributed by atoms with E-state index in [9.17, 15) is 0 Å². The average Bonchev–Trinajstić information content (AvgIpc) is 3.05. The molecule has 0 bridgehead atoms. The summed E-state index contributed by atoms with van der Waals surface area (Å²) in [5.74, 6) is 1.51. The van der Waals surface area contributed by atoms with Gasteiger partial charge in [-0.05, 0) is 66.5 Å². The van der Waals surface area contributed by atoms with Crippen LogP contribution in [0.2, 0.25) is 0 Å². The van der Waals surface area contributed by atoms with E-state index in [0.717, 1.165) is 36.1 Å². The molecule has 0 fully saturated rings. The third-order valence-electron chi connectivity index (χ3n) is 4.76. The number of hydrogen-bond donors (Lipinski definition) is 1. The van der Waals surface area contributed by atoms with Gasteiger partial charge in [-0.15, -0.1) is 23.7 Å². The average molecular weight is 469 g/mol. The molecule has 2 nitrogen and oxygen atoms in total. The second-order valence-corrected chi connectivity index (χ2v) is 8.89. The molecule has 0 amide bonds. The lowest BCUT2D eigenvalue weighted by Gasteiger charge is -2.15. The van der Waals surface area contributed by atoms with Crippen molar-refractivity contribution >= 4 is 49.8 Å². The van der Waals surface area contributed by atoms with Crippen LogP contribution in [-0.2, 0) is 0 Å². The Labute approximate surface area is 180 Å². The van der Waals surface area contributed by atoms with E-state index >= 15 is 0 Å². The maximum Gasteiger partial charge on any atom is 0.120 e. The molecule has 0 spiro atoms. The van der Waals surface area contributed by atoms with Crippen LogP contribution in [0, 0.1) is 5.92 Å². The van der Waals surface area contributed by atoms with E-state index in [1.165, 1.54) is 21.2 Å². The van der Waals surface area contributed by atoms with Crippen LogP contribution in [0.3, 0.4) is 0 Å². The summed E-state index contributed by atoms with van der Waals surface area (Å²) in [6.45, 7) is 5.11. The van der Waals surface area contributed by atoms with Crippen LogP contribution < -0.4 is 10.5 Å². The highest BCUT2D eigenvalue weighted by molar-refractivity contribution is 9.10. The molecular weight excluding hydrogens is 442 g/mol. The van der Waals surface area contributed by atoms with E-state index in [0.29, 0.717) is 12.0 Å². The van der Waals surface area contributed by atoms with E-state index in [-0.39, 0.29) is 12.4 Å². The summed E-state index contributed by atoms with van der Waals surface area (Å²) in [6.07, 6.45) is 3.24. The predicted octanol–water partition coefficient (Wildman–Crippen LogP) is 7.29. The third kappa shape index (κ3) is 5.95. The summed E-state index contributed by atoms with van der Waals surface area (Å²) in [5, 5.41) is 3.51. The fraction of sp³-hybridized carbons (Fsp3) is 0.364. The molecule has 5 heteroatoms. The second-order valence-electron chi connectivity index (χ2n) is 7.07. The Bertz CT molecular complexity index is 847. The van der Waals surface area contributed by atoms with Gasteiger partial charge in [-0.25, -0.2) is 0 Å². The van der Waals surface area contributed by atoms with Crippen LogP contribution >= 0.6 is 39.7 Å². The first-order valence-electron chi connectivity index (χ1n) is 9.20. The van der Waals surface area contributed by atoms with Gasteiger partial charge in [-0.1, -0.05) is 41.9 Å².